The standard InChI is InChI=1S/C23H23N3OS/c1-2-7-17-11-13-18(14-12-17)22(20-10-6-15-28-20)24-16-21-25-23(26-27-21)19-8-4-3-5-9-19/h3-6,8-15,22,24H,2,7,16H2,1H3/t22-/m0/s1. The monoisotopic (exact) mass is 389 g/mol. The van der Waals surface area contributed by atoms with Crippen LogP contribution in [-0.2, 0) is 13.0 Å². The van der Waals surface area contributed by atoms with E-state index in [1.54, 1.807) is 11.3 Å². The molecular formula is C23H23N3OS. The highest BCUT2D eigenvalue weighted by molar-refractivity contribution is 7.10. The van der Waals surface area contributed by atoms with Crippen molar-refractivity contribution in [1.29, 1.82) is 0 Å². The Morgan fingerprint density at radius 3 is 2.54 bits per heavy atom. The third-order valence-electron chi connectivity index (χ3n) is 4.64. The topological polar surface area (TPSA) is 51.0 Å². The molecule has 4 rings (SSSR count). The van der Waals surface area contributed by atoms with E-state index in [9.17, 15) is 0 Å². The summed E-state index contributed by atoms with van der Waals surface area (Å²) >= 11 is 1.75. The summed E-state index contributed by atoms with van der Waals surface area (Å²) in [5, 5.41) is 9.80. The van der Waals surface area contributed by atoms with Crippen molar-refractivity contribution in [2.45, 2.75) is 32.4 Å². The summed E-state index contributed by atoms with van der Waals surface area (Å²) < 4.78 is 5.45. The van der Waals surface area contributed by atoms with Gasteiger partial charge in [0, 0.05) is 10.4 Å². The van der Waals surface area contributed by atoms with Crippen LogP contribution in [0.1, 0.15) is 41.3 Å². The normalized spacial score (nSPS) is 12.2. The first kappa shape index (κ1) is 18.6. The first-order valence-electron chi connectivity index (χ1n) is 9.57. The molecule has 0 spiro atoms. The molecule has 28 heavy (non-hydrogen) atoms. The van der Waals surface area contributed by atoms with Gasteiger partial charge >= 0.3 is 0 Å². The number of aryl methyl sites for hydroxylation is 1. The second-order valence-electron chi connectivity index (χ2n) is 6.70. The number of rotatable bonds is 8. The van der Waals surface area contributed by atoms with Crippen molar-refractivity contribution in [3.8, 4) is 11.4 Å². The second-order valence-corrected chi connectivity index (χ2v) is 7.68. The lowest BCUT2D eigenvalue weighted by atomic mass is 10.0. The molecule has 1 N–H and O–H groups in total. The summed E-state index contributed by atoms with van der Waals surface area (Å²) in [6, 6.07) is 23.1. The van der Waals surface area contributed by atoms with E-state index in [0.717, 1.165) is 18.4 Å². The highest BCUT2D eigenvalue weighted by Gasteiger charge is 2.17. The van der Waals surface area contributed by atoms with Crippen LogP contribution in [0.25, 0.3) is 11.4 Å². The van der Waals surface area contributed by atoms with Crippen LogP contribution in [0.4, 0.5) is 0 Å². The molecule has 1 atom stereocenters. The molecule has 0 radical (unpaired) electrons. The Balaban J connectivity index is 1.50. The summed E-state index contributed by atoms with van der Waals surface area (Å²) in [5.41, 5.74) is 3.57. The lowest BCUT2D eigenvalue weighted by Crippen LogP contribution is -2.21. The number of nitrogens with one attached hydrogen (secondary N) is 1. The molecular weight excluding hydrogens is 366 g/mol. The number of nitrogens with zero attached hydrogens (tertiary/aromatic N) is 2. The van der Waals surface area contributed by atoms with Gasteiger partial charge in [0.2, 0.25) is 11.7 Å². The fourth-order valence-corrected chi connectivity index (χ4v) is 4.05. The fourth-order valence-electron chi connectivity index (χ4n) is 3.22. The van der Waals surface area contributed by atoms with Crippen molar-refractivity contribution in [2.24, 2.45) is 0 Å². The largest absolute Gasteiger partial charge is 0.338 e. The fraction of sp³-hybridized carbons (Fsp3) is 0.217. The van der Waals surface area contributed by atoms with E-state index in [-0.39, 0.29) is 6.04 Å². The molecule has 0 aliphatic heterocycles. The molecule has 0 saturated heterocycles. The zero-order chi connectivity index (χ0) is 19.2. The van der Waals surface area contributed by atoms with Gasteiger partial charge in [-0.15, -0.1) is 11.3 Å². The van der Waals surface area contributed by atoms with Crippen LogP contribution in [-0.4, -0.2) is 10.1 Å². The van der Waals surface area contributed by atoms with Crippen molar-refractivity contribution in [3.05, 3.63) is 94.0 Å². The van der Waals surface area contributed by atoms with Gasteiger partial charge in [0.25, 0.3) is 0 Å². The summed E-state index contributed by atoms with van der Waals surface area (Å²) in [6.45, 7) is 2.72. The first-order valence-corrected chi connectivity index (χ1v) is 10.4. The number of thiophene rings is 1. The predicted molar refractivity (Wildman–Crippen MR) is 113 cm³/mol. The van der Waals surface area contributed by atoms with Gasteiger partial charge in [0.05, 0.1) is 12.6 Å². The average molecular weight is 390 g/mol. The zero-order valence-corrected chi connectivity index (χ0v) is 16.7. The van der Waals surface area contributed by atoms with E-state index in [0.29, 0.717) is 18.3 Å². The summed E-state index contributed by atoms with van der Waals surface area (Å²) in [4.78, 5) is 5.80. The van der Waals surface area contributed by atoms with Crippen LogP contribution < -0.4 is 5.32 Å². The van der Waals surface area contributed by atoms with Gasteiger partial charge in [0.15, 0.2) is 0 Å². The van der Waals surface area contributed by atoms with Crippen molar-refractivity contribution < 1.29 is 4.52 Å². The molecule has 0 saturated carbocycles. The molecule has 0 aliphatic carbocycles. The Kier molecular flexibility index (Phi) is 5.95. The molecule has 0 unspecified atom stereocenters. The van der Waals surface area contributed by atoms with E-state index in [1.807, 2.05) is 30.3 Å². The molecule has 2 aromatic carbocycles. The summed E-state index contributed by atoms with van der Waals surface area (Å²) in [7, 11) is 0. The van der Waals surface area contributed by atoms with E-state index in [4.69, 9.17) is 4.52 Å². The minimum atomic E-state index is 0.0998. The van der Waals surface area contributed by atoms with E-state index in [2.05, 4.69) is 64.2 Å². The van der Waals surface area contributed by atoms with Crippen molar-refractivity contribution in [2.75, 3.05) is 0 Å². The van der Waals surface area contributed by atoms with Crippen molar-refractivity contribution >= 4 is 11.3 Å². The van der Waals surface area contributed by atoms with Gasteiger partial charge in [-0.3, -0.25) is 5.32 Å². The number of hydrogen-bond acceptors (Lipinski definition) is 5. The average Bonchev–Trinajstić information content (AvgIpc) is 3.43. The molecule has 2 aromatic heterocycles. The van der Waals surface area contributed by atoms with Gasteiger partial charge in [-0.2, -0.15) is 4.98 Å². The van der Waals surface area contributed by atoms with Gasteiger partial charge in [-0.25, -0.2) is 0 Å². The lowest BCUT2D eigenvalue weighted by Gasteiger charge is -2.17. The van der Waals surface area contributed by atoms with Crippen molar-refractivity contribution in [3.63, 3.8) is 0 Å². The first-order chi connectivity index (χ1) is 13.8. The predicted octanol–water partition coefficient (Wildman–Crippen LogP) is 5.63. The Morgan fingerprint density at radius 2 is 1.82 bits per heavy atom. The summed E-state index contributed by atoms with van der Waals surface area (Å²) in [6.07, 6.45) is 2.27. The molecule has 0 aliphatic rings. The molecule has 2 heterocycles. The highest BCUT2D eigenvalue weighted by atomic mass is 32.1. The minimum absolute atomic E-state index is 0.0998. The second kappa shape index (κ2) is 8.95. The maximum Gasteiger partial charge on any atom is 0.240 e. The van der Waals surface area contributed by atoms with E-state index >= 15 is 0 Å². The van der Waals surface area contributed by atoms with Crippen LogP contribution in [0, 0.1) is 0 Å². The Hall–Kier alpha value is -2.76. The highest BCUT2D eigenvalue weighted by Crippen LogP contribution is 2.27. The van der Waals surface area contributed by atoms with Crippen LogP contribution in [0.2, 0.25) is 0 Å². The maximum absolute atomic E-state index is 5.45. The lowest BCUT2D eigenvalue weighted by molar-refractivity contribution is 0.363. The Morgan fingerprint density at radius 1 is 1.00 bits per heavy atom. The molecule has 142 valence electrons. The molecule has 0 amide bonds. The molecule has 5 heteroatoms. The number of benzene rings is 2. The minimum Gasteiger partial charge on any atom is -0.338 e. The quantitative estimate of drug-likeness (QED) is 0.424. The van der Waals surface area contributed by atoms with Gasteiger partial charge in [-0.1, -0.05) is 79.2 Å². The van der Waals surface area contributed by atoms with Crippen LogP contribution in [0.3, 0.4) is 0 Å². The third kappa shape index (κ3) is 4.38. The Bertz CT molecular complexity index is 978. The molecule has 4 aromatic rings. The van der Waals surface area contributed by atoms with E-state index in [1.165, 1.54) is 16.0 Å². The molecule has 4 nitrogen and oxygen atoms in total. The number of aromatic nitrogens is 2. The van der Waals surface area contributed by atoms with Crippen LogP contribution >= 0.6 is 11.3 Å². The third-order valence-corrected chi connectivity index (χ3v) is 5.57. The van der Waals surface area contributed by atoms with Gasteiger partial charge in [0.1, 0.15) is 0 Å². The smallest absolute Gasteiger partial charge is 0.240 e. The molecule has 0 bridgehead atoms. The van der Waals surface area contributed by atoms with Crippen molar-refractivity contribution in [1.82, 2.24) is 15.5 Å². The van der Waals surface area contributed by atoms with Crippen LogP contribution in [0.5, 0.6) is 0 Å². The van der Waals surface area contributed by atoms with Gasteiger partial charge < -0.3 is 4.52 Å². The Labute approximate surface area is 169 Å². The van der Waals surface area contributed by atoms with Gasteiger partial charge in [-0.05, 0) is 29.0 Å². The van der Waals surface area contributed by atoms with Crippen LogP contribution in [0.15, 0.2) is 76.6 Å². The zero-order valence-electron chi connectivity index (χ0n) is 15.8. The summed E-state index contributed by atoms with van der Waals surface area (Å²) in [5.74, 6) is 1.21. The maximum atomic E-state index is 5.45. The van der Waals surface area contributed by atoms with E-state index < -0.39 is 0 Å². The number of hydrogen-bond donors (Lipinski definition) is 1. The SMILES string of the molecule is CCCc1ccc([C@H](NCc2nc(-c3ccccc3)no2)c2cccs2)cc1. The molecule has 0 fully saturated rings.